The molecule has 7 heteroatoms. The zero-order chi connectivity index (χ0) is 21.8. The highest BCUT2D eigenvalue weighted by Crippen LogP contribution is 2.58. The number of carbonyl (C=O) groups excluding carboxylic acids is 2. The Balaban J connectivity index is 1.53. The molecule has 4 rings (SSSR count). The Bertz CT molecular complexity index is 893. The molecular weight excluding hydrogens is 397 g/mol. The van der Waals surface area contributed by atoms with Gasteiger partial charge in [0.25, 0.3) is 0 Å². The molecule has 162 valence electrons. The van der Waals surface area contributed by atoms with Gasteiger partial charge in [-0.25, -0.2) is 9.59 Å². The normalized spacial score (nSPS) is 36.0. The lowest BCUT2D eigenvalue weighted by Gasteiger charge is -2.54. The Labute approximate surface area is 173 Å². The second-order valence-electron chi connectivity index (χ2n) is 9.14. The fraction of sp³-hybridized carbons (Fsp3) is 0.565. The van der Waals surface area contributed by atoms with Crippen LogP contribution in [0.3, 0.4) is 0 Å². The van der Waals surface area contributed by atoms with Crippen molar-refractivity contribution in [3.63, 3.8) is 0 Å². The molecule has 1 aromatic rings. The van der Waals surface area contributed by atoms with Crippen LogP contribution in [0, 0.1) is 23.2 Å². The lowest BCUT2D eigenvalue weighted by molar-refractivity contribution is -0.159. The molecule has 4 nitrogen and oxygen atoms in total. The molecule has 0 N–H and O–H groups in total. The summed E-state index contributed by atoms with van der Waals surface area (Å²) in [5.74, 6) is -1.22. The zero-order valence-electron chi connectivity index (χ0n) is 17.0. The van der Waals surface area contributed by atoms with Crippen LogP contribution in [0.4, 0.5) is 13.2 Å². The average molecular weight is 422 g/mol. The topological polar surface area (TPSA) is 52.6 Å². The summed E-state index contributed by atoms with van der Waals surface area (Å²) in [7, 11) is 0. The fourth-order valence-corrected chi connectivity index (χ4v) is 5.73. The number of hydrogen-bond acceptors (Lipinski definition) is 4. The van der Waals surface area contributed by atoms with E-state index < -0.39 is 23.8 Å². The summed E-state index contributed by atoms with van der Waals surface area (Å²) in [6, 6.07) is 4.28. The third kappa shape index (κ3) is 3.42. The predicted molar refractivity (Wildman–Crippen MR) is 102 cm³/mol. The van der Waals surface area contributed by atoms with Gasteiger partial charge in [0, 0.05) is 23.3 Å². The number of ether oxygens (including phenoxy) is 2. The van der Waals surface area contributed by atoms with E-state index in [4.69, 9.17) is 9.47 Å². The number of rotatable bonds is 2. The molecular formula is C23H25F3O4. The monoisotopic (exact) mass is 422 g/mol. The third-order valence-electron chi connectivity index (χ3n) is 7.37. The molecule has 0 spiro atoms. The molecule has 1 aliphatic heterocycles. The highest BCUT2D eigenvalue weighted by Gasteiger charge is 2.58. The van der Waals surface area contributed by atoms with E-state index in [2.05, 4.69) is 13.5 Å². The zero-order valence-corrected chi connectivity index (χ0v) is 17.0. The van der Waals surface area contributed by atoms with Crippen LogP contribution in [0.5, 0.6) is 0 Å². The predicted octanol–water partition coefficient (Wildman–Crippen LogP) is 5.17. The lowest BCUT2D eigenvalue weighted by Crippen LogP contribution is -2.53. The van der Waals surface area contributed by atoms with Crippen molar-refractivity contribution >= 4 is 11.9 Å². The molecule has 6 unspecified atom stereocenters. The molecule has 0 radical (unpaired) electrons. The fourth-order valence-electron chi connectivity index (χ4n) is 5.73. The number of hydrogen-bond donors (Lipinski definition) is 0. The van der Waals surface area contributed by atoms with E-state index in [1.54, 1.807) is 0 Å². The molecule has 2 aliphatic carbocycles. The smallest absolute Gasteiger partial charge is 0.416 e. The maximum absolute atomic E-state index is 13.0. The molecule has 1 saturated heterocycles. The van der Waals surface area contributed by atoms with Gasteiger partial charge in [-0.05, 0) is 49.3 Å². The summed E-state index contributed by atoms with van der Waals surface area (Å²) in [6.07, 6.45) is -2.04. The quantitative estimate of drug-likeness (QED) is 0.487. The van der Waals surface area contributed by atoms with Gasteiger partial charge in [0.2, 0.25) is 0 Å². The number of fused-ring (bicyclic) bond motifs is 3. The van der Waals surface area contributed by atoms with Gasteiger partial charge in [0.15, 0.2) is 0 Å². The molecule has 0 aromatic heterocycles. The SMILES string of the molecule is C=C1C(=O)OC2C1CCC1(C)CCC(OC(=O)c3cccc(C(F)(F)F)c3)C(C)C21. The van der Waals surface area contributed by atoms with Crippen LogP contribution >= 0.6 is 0 Å². The highest BCUT2D eigenvalue weighted by molar-refractivity contribution is 5.91. The van der Waals surface area contributed by atoms with Gasteiger partial charge >= 0.3 is 18.1 Å². The van der Waals surface area contributed by atoms with E-state index in [-0.39, 0.29) is 40.8 Å². The number of benzene rings is 1. The number of esters is 2. The first-order valence-electron chi connectivity index (χ1n) is 10.3. The highest BCUT2D eigenvalue weighted by atomic mass is 19.4. The van der Waals surface area contributed by atoms with Crippen molar-refractivity contribution in [3.8, 4) is 0 Å². The Kier molecular flexibility index (Phi) is 4.98. The van der Waals surface area contributed by atoms with Crippen LogP contribution < -0.4 is 0 Å². The average Bonchev–Trinajstić information content (AvgIpc) is 2.97. The molecule has 3 aliphatic rings. The van der Waals surface area contributed by atoms with Crippen molar-refractivity contribution in [1.29, 1.82) is 0 Å². The number of carbonyl (C=O) groups is 2. The molecule has 1 aromatic carbocycles. The van der Waals surface area contributed by atoms with Gasteiger partial charge < -0.3 is 9.47 Å². The van der Waals surface area contributed by atoms with Gasteiger partial charge in [-0.15, -0.1) is 0 Å². The van der Waals surface area contributed by atoms with E-state index in [1.165, 1.54) is 12.1 Å². The van der Waals surface area contributed by atoms with E-state index in [0.29, 0.717) is 12.0 Å². The third-order valence-corrected chi connectivity index (χ3v) is 7.37. The van der Waals surface area contributed by atoms with Crippen LogP contribution in [0.2, 0.25) is 0 Å². The molecule has 1 heterocycles. The van der Waals surface area contributed by atoms with Gasteiger partial charge in [0.1, 0.15) is 12.2 Å². The van der Waals surface area contributed by atoms with Crippen LogP contribution in [-0.2, 0) is 20.4 Å². The Morgan fingerprint density at radius 2 is 1.97 bits per heavy atom. The second-order valence-corrected chi connectivity index (χ2v) is 9.14. The Morgan fingerprint density at radius 3 is 2.67 bits per heavy atom. The summed E-state index contributed by atoms with van der Waals surface area (Å²) >= 11 is 0. The minimum Gasteiger partial charge on any atom is -0.458 e. The van der Waals surface area contributed by atoms with Crippen LogP contribution in [0.25, 0.3) is 0 Å². The van der Waals surface area contributed by atoms with E-state index in [1.807, 2.05) is 6.92 Å². The van der Waals surface area contributed by atoms with E-state index >= 15 is 0 Å². The van der Waals surface area contributed by atoms with Crippen molar-refractivity contribution in [2.75, 3.05) is 0 Å². The Morgan fingerprint density at radius 1 is 1.27 bits per heavy atom. The number of alkyl halides is 3. The standard InChI is InChI=1S/C23H25F3O4/c1-12-16-7-9-22(3)10-8-17(13(2)18(22)19(16)30-20(12)27)29-21(28)14-5-4-6-15(11-14)23(24,25)26/h4-6,11,13,16-19H,1,7-10H2,2-3H3. The van der Waals surface area contributed by atoms with Crippen molar-refractivity contribution in [1.82, 2.24) is 0 Å². The summed E-state index contributed by atoms with van der Waals surface area (Å²) < 4.78 is 50.3. The summed E-state index contributed by atoms with van der Waals surface area (Å²) in [6.45, 7) is 8.05. The molecule has 6 atom stereocenters. The van der Waals surface area contributed by atoms with Crippen molar-refractivity contribution in [2.45, 2.75) is 57.9 Å². The molecule has 0 bridgehead atoms. The van der Waals surface area contributed by atoms with Gasteiger partial charge in [-0.2, -0.15) is 13.2 Å². The second kappa shape index (κ2) is 7.13. The maximum Gasteiger partial charge on any atom is 0.416 e. The van der Waals surface area contributed by atoms with Gasteiger partial charge in [-0.3, -0.25) is 0 Å². The number of halogens is 3. The molecule has 3 fully saturated rings. The maximum atomic E-state index is 13.0. The molecule has 2 saturated carbocycles. The minimum absolute atomic E-state index is 0.00695. The van der Waals surface area contributed by atoms with Crippen LogP contribution in [0.15, 0.2) is 36.4 Å². The van der Waals surface area contributed by atoms with Gasteiger partial charge in [0.05, 0.1) is 11.1 Å². The van der Waals surface area contributed by atoms with Crippen LogP contribution in [-0.4, -0.2) is 24.1 Å². The van der Waals surface area contributed by atoms with Crippen LogP contribution in [0.1, 0.15) is 55.5 Å². The first-order chi connectivity index (χ1) is 14.0. The lowest BCUT2D eigenvalue weighted by atomic mass is 9.53. The first-order valence-corrected chi connectivity index (χ1v) is 10.3. The van der Waals surface area contributed by atoms with E-state index in [9.17, 15) is 22.8 Å². The summed E-state index contributed by atoms with van der Waals surface area (Å²) in [4.78, 5) is 24.7. The molecule has 0 amide bonds. The van der Waals surface area contributed by atoms with Crippen molar-refractivity contribution < 1.29 is 32.2 Å². The minimum atomic E-state index is -4.53. The largest absolute Gasteiger partial charge is 0.458 e. The van der Waals surface area contributed by atoms with Gasteiger partial charge in [-0.1, -0.05) is 26.5 Å². The summed E-state index contributed by atoms with van der Waals surface area (Å²) in [5, 5.41) is 0. The summed E-state index contributed by atoms with van der Waals surface area (Å²) in [5.41, 5.74) is -0.525. The van der Waals surface area contributed by atoms with Crippen molar-refractivity contribution in [2.24, 2.45) is 23.2 Å². The first kappa shape index (κ1) is 20.9. The Hall–Kier alpha value is -2.31. The van der Waals surface area contributed by atoms with E-state index in [0.717, 1.165) is 31.4 Å². The molecule has 30 heavy (non-hydrogen) atoms. The van der Waals surface area contributed by atoms with Crippen molar-refractivity contribution in [3.05, 3.63) is 47.5 Å².